The Labute approximate surface area is 44.5 Å². The van der Waals surface area contributed by atoms with Crippen LogP contribution in [0, 0.1) is 0 Å². The minimum absolute atomic E-state index is 0. The second kappa shape index (κ2) is 33.2. The van der Waals surface area contributed by atoms with Crippen molar-refractivity contribution in [1.82, 2.24) is 6.15 Å². The van der Waals surface area contributed by atoms with Gasteiger partial charge in [-0.3, -0.25) is 0 Å². The van der Waals surface area contributed by atoms with Crippen LogP contribution in [0.4, 0.5) is 0 Å². The van der Waals surface area contributed by atoms with Gasteiger partial charge in [0, 0.05) is 27.9 Å². The average molecular weight is 127 g/mol. The summed E-state index contributed by atoms with van der Waals surface area (Å²) in [4.78, 5) is 0. The molecule has 0 aliphatic heterocycles. The summed E-state index contributed by atoms with van der Waals surface area (Å²) in [5, 5.41) is 0. The fourth-order valence-electron chi connectivity index (χ4n) is 0. The van der Waals surface area contributed by atoms with Gasteiger partial charge in [-0.15, -0.1) is 0 Å². The molecule has 0 saturated heterocycles. The molecule has 4 heavy (non-hydrogen) atoms. The summed E-state index contributed by atoms with van der Waals surface area (Å²) >= 11 is 0. The first kappa shape index (κ1) is 72.6. The summed E-state index contributed by atoms with van der Waals surface area (Å²) < 4.78 is 0. The third-order valence-corrected chi connectivity index (χ3v) is 0. The molecule has 3 radical (unpaired) electrons. The topological polar surface area (TPSA) is 35.0 Å². The average Bonchev–Trinajstić information content (AvgIpc) is 0. The van der Waals surface area contributed by atoms with Crippen LogP contribution in [0.5, 0.6) is 0 Å². The monoisotopic (exact) mass is 126 g/mol. The van der Waals surface area contributed by atoms with Gasteiger partial charge in [-0.2, -0.15) is 9.90 Å². The molecule has 1 atom stereocenters. The van der Waals surface area contributed by atoms with Crippen LogP contribution in [0.3, 0.4) is 0 Å². The first-order valence-corrected chi connectivity index (χ1v) is 0. The number of hydrogen-bond donors (Lipinski definition) is 1. The van der Waals surface area contributed by atoms with Crippen LogP contribution in [-0.4, -0.2) is 8.41 Å². The molecule has 0 amide bonds. The SMILES string of the molecule is N.P.[B].[Zn]. The molecule has 0 aliphatic carbocycles. The van der Waals surface area contributed by atoms with E-state index in [1.54, 1.807) is 0 Å². The van der Waals surface area contributed by atoms with E-state index in [1.165, 1.54) is 0 Å². The fraction of sp³-hybridized carbons (Fsp3) is 0. The van der Waals surface area contributed by atoms with Crippen molar-refractivity contribution in [2.75, 3.05) is 0 Å². The van der Waals surface area contributed by atoms with E-state index in [0.29, 0.717) is 0 Å². The molecule has 0 heterocycles. The van der Waals surface area contributed by atoms with Crippen molar-refractivity contribution in [2.45, 2.75) is 0 Å². The first-order valence-electron chi connectivity index (χ1n) is 0. The summed E-state index contributed by atoms with van der Waals surface area (Å²) in [5.74, 6) is 0. The molecule has 0 spiro atoms. The summed E-state index contributed by atoms with van der Waals surface area (Å²) in [6.07, 6.45) is 0. The number of rotatable bonds is 0. The van der Waals surface area contributed by atoms with Crippen molar-refractivity contribution in [3.63, 3.8) is 0 Å². The molecule has 4 heteroatoms. The standard InChI is InChI=1S/B.H3N.H3P.Zn/h;2*1H3;. The third kappa shape index (κ3) is 11.4. The predicted molar refractivity (Wildman–Crippen MR) is 21.9 cm³/mol. The second-order valence-corrected chi connectivity index (χ2v) is 0. The third-order valence-electron chi connectivity index (χ3n) is 0. The molecule has 1 unspecified atom stereocenters. The molecule has 0 aromatic heterocycles. The van der Waals surface area contributed by atoms with Gasteiger partial charge >= 0.3 is 0 Å². The van der Waals surface area contributed by atoms with Crippen LogP contribution in [0.2, 0.25) is 0 Å². The van der Waals surface area contributed by atoms with Crippen LogP contribution < -0.4 is 6.15 Å². The Morgan fingerprint density at radius 3 is 1.00 bits per heavy atom. The molecule has 0 rings (SSSR count). The van der Waals surface area contributed by atoms with E-state index < -0.39 is 0 Å². The zero-order chi connectivity index (χ0) is 0. The van der Waals surface area contributed by atoms with Crippen LogP contribution >= 0.6 is 9.90 Å². The van der Waals surface area contributed by atoms with Crippen molar-refractivity contribution in [3.05, 3.63) is 0 Å². The van der Waals surface area contributed by atoms with Gasteiger partial charge in [-0.05, 0) is 0 Å². The summed E-state index contributed by atoms with van der Waals surface area (Å²) in [5.41, 5.74) is 0. The van der Waals surface area contributed by atoms with Crippen LogP contribution in [0.25, 0.3) is 0 Å². The van der Waals surface area contributed by atoms with Crippen LogP contribution in [0.15, 0.2) is 0 Å². The maximum atomic E-state index is 0. The molecule has 0 aromatic rings. The van der Waals surface area contributed by atoms with Gasteiger partial charge in [-0.1, -0.05) is 0 Å². The van der Waals surface area contributed by atoms with Crippen LogP contribution in [0.1, 0.15) is 0 Å². The fourth-order valence-corrected chi connectivity index (χ4v) is 0. The van der Waals surface area contributed by atoms with Gasteiger partial charge in [0.2, 0.25) is 0 Å². The minimum atomic E-state index is 0. The predicted octanol–water partition coefficient (Wildman–Crippen LogP) is -0.163. The van der Waals surface area contributed by atoms with E-state index in [2.05, 4.69) is 0 Å². The quantitative estimate of drug-likeness (QED) is 0.356. The number of hydrogen-bond acceptors (Lipinski definition) is 1. The van der Waals surface area contributed by atoms with Crippen LogP contribution in [-0.2, 0) is 19.5 Å². The molecule has 3 N–H and O–H groups in total. The summed E-state index contributed by atoms with van der Waals surface area (Å²) in [6, 6.07) is 0. The van der Waals surface area contributed by atoms with Gasteiger partial charge in [0.25, 0.3) is 0 Å². The van der Waals surface area contributed by atoms with E-state index in [4.69, 9.17) is 0 Å². The van der Waals surface area contributed by atoms with Crippen molar-refractivity contribution < 1.29 is 19.5 Å². The van der Waals surface area contributed by atoms with Crippen molar-refractivity contribution in [1.29, 1.82) is 0 Å². The first-order chi connectivity index (χ1) is 0. The molecule has 21 valence electrons. The molecule has 0 aromatic carbocycles. The Morgan fingerprint density at radius 1 is 1.00 bits per heavy atom. The Hall–Kier alpha value is 1.08. The summed E-state index contributed by atoms with van der Waals surface area (Å²) in [7, 11) is 0. The Balaban J connectivity index is 0. The van der Waals surface area contributed by atoms with Gasteiger partial charge in [0.15, 0.2) is 0 Å². The van der Waals surface area contributed by atoms with E-state index in [0.717, 1.165) is 0 Å². The zero-order valence-electron chi connectivity index (χ0n) is 2.70. The van der Waals surface area contributed by atoms with Crippen molar-refractivity contribution in [2.24, 2.45) is 0 Å². The smallest absolute Gasteiger partial charge is 0 e. The molecule has 0 aliphatic rings. The van der Waals surface area contributed by atoms with E-state index in [-0.39, 0.29) is 43.9 Å². The Morgan fingerprint density at radius 2 is 1.00 bits per heavy atom. The van der Waals surface area contributed by atoms with Gasteiger partial charge in [0.05, 0.1) is 0 Å². The van der Waals surface area contributed by atoms with Gasteiger partial charge in [0.1, 0.15) is 0 Å². The maximum Gasteiger partial charge on any atom is 0 e. The maximum absolute atomic E-state index is 0. The zero-order valence-corrected chi connectivity index (χ0v) is 7.08. The molecule has 0 fully saturated rings. The Kier molecular flexibility index (Phi) is 604. The van der Waals surface area contributed by atoms with Crippen molar-refractivity contribution >= 4 is 18.3 Å². The Bertz CT molecular complexity index is 8.00. The molecule has 0 saturated carbocycles. The second-order valence-electron chi connectivity index (χ2n) is 0. The van der Waals surface area contributed by atoms with E-state index in [9.17, 15) is 0 Å². The normalized spacial score (nSPS) is 0. The molecule has 1 nitrogen and oxygen atoms in total. The molecular formula is H6BNPZn. The molecule has 0 bridgehead atoms. The molecular weight excluding hydrogens is 121 g/mol. The largest absolute Gasteiger partial charge is 0.344 e. The van der Waals surface area contributed by atoms with E-state index >= 15 is 0 Å². The van der Waals surface area contributed by atoms with E-state index in [1.807, 2.05) is 0 Å². The van der Waals surface area contributed by atoms with Gasteiger partial charge < -0.3 is 6.15 Å². The minimum Gasteiger partial charge on any atom is -0.344 e. The van der Waals surface area contributed by atoms with Crippen molar-refractivity contribution in [3.8, 4) is 0 Å². The van der Waals surface area contributed by atoms with Gasteiger partial charge in [-0.25, -0.2) is 0 Å². The summed E-state index contributed by atoms with van der Waals surface area (Å²) in [6.45, 7) is 0.